The zero-order valence-electron chi connectivity index (χ0n) is 18.7. The molecule has 2 saturated heterocycles. The molecule has 0 aliphatic carbocycles. The predicted octanol–water partition coefficient (Wildman–Crippen LogP) is 5.29. The fraction of sp³-hybridized carbons (Fsp3) is 0.357. The third-order valence-corrected chi connectivity index (χ3v) is 7.05. The van der Waals surface area contributed by atoms with Gasteiger partial charge in [0.15, 0.2) is 0 Å². The number of carbonyl (C=O) groups excluding carboxylic acids is 2. The smallest absolute Gasteiger partial charge is 0.254 e. The van der Waals surface area contributed by atoms with E-state index in [-0.39, 0.29) is 11.8 Å². The van der Waals surface area contributed by atoms with Crippen LogP contribution in [0.5, 0.6) is 0 Å². The number of piperidine rings is 1. The van der Waals surface area contributed by atoms with Crippen molar-refractivity contribution in [1.82, 2.24) is 9.80 Å². The second-order valence-corrected chi connectivity index (χ2v) is 9.22. The third kappa shape index (κ3) is 3.90. The number of nitrogens with zero attached hydrogens (tertiary/aromatic N) is 2. The van der Waals surface area contributed by atoms with Gasteiger partial charge in [0.05, 0.1) is 0 Å². The molecule has 0 bridgehead atoms. The number of benzene rings is 3. The maximum Gasteiger partial charge on any atom is 0.254 e. The van der Waals surface area contributed by atoms with Crippen molar-refractivity contribution in [3.8, 4) is 11.1 Å². The molecule has 0 saturated carbocycles. The molecule has 2 fully saturated rings. The molecule has 3 aromatic rings. The average Bonchev–Trinajstić information content (AvgIpc) is 3.23. The van der Waals surface area contributed by atoms with Crippen molar-refractivity contribution in [3.63, 3.8) is 0 Å². The third-order valence-electron chi connectivity index (χ3n) is 7.05. The van der Waals surface area contributed by atoms with Crippen LogP contribution in [0.2, 0.25) is 0 Å². The molecule has 1 atom stereocenters. The molecule has 4 heteroatoms. The molecule has 0 N–H and O–H groups in total. The van der Waals surface area contributed by atoms with E-state index in [1.165, 1.54) is 16.7 Å². The van der Waals surface area contributed by atoms with Crippen LogP contribution in [0.3, 0.4) is 0 Å². The van der Waals surface area contributed by atoms with Crippen LogP contribution >= 0.6 is 0 Å². The fourth-order valence-electron chi connectivity index (χ4n) is 5.37. The van der Waals surface area contributed by atoms with Crippen LogP contribution in [0.25, 0.3) is 21.9 Å². The summed E-state index contributed by atoms with van der Waals surface area (Å²) in [6.07, 6.45) is 3.72. The first-order chi connectivity index (χ1) is 15.6. The number of carbonyl (C=O) groups is 2. The van der Waals surface area contributed by atoms with Gasteiger partial charge in [-0.1, -0.05) is 54.6 Å². The van der Waals surface area contributed by atoms with E-state index in [1.807, 2.05) is 28.0 Å². The molecular formula is C28H30N2O2. The highest BCUT2D eigenvalue weighted by molar-refractivity contribution is 6.11. The van der Waals surface area contributed by atoms with Gasteiger partial charge < -0.3 is 9.80 Å². The Balaban J connectivity index is 1.43. The maximum atomic E-state index is 13.6. The molecule has 164 valence electrons. The number of aryl methyl sites for hydroxylation is 1. The lowest BCUT2D eigenvalue weighted by Crippen LogP contribution is -2.44. The van der Waals surface area contributed by atoms with E-state index in [2.05, 4.69) is 49.4 Å². The van der Waals surface area contributed by atoms with Gasteiger partial charge in [-0.3, -0.25) is 9.59 Å². The average molecular weight is 427 g/mol. The van der Waals surface area contributed by atoms with E-state index in [0.29, 0.717) is 12.3 Å². The van der Waals surface area contributed by atoms with E-state index in [0.717, 1.165) is 61.8 Å². The van der Waals surface area contributed by atoms with Crippen LogP contribution in [-0.4, -0.2) is 47.8 Å². The van der Waals surface area contributed by atoms with Gasteiger partial charge >= 0.3 is 0 Å². The van der Waals surface area contributed by atoms with Crippen LogP contribution in [0.15, 0.2) is 60.7 Å². The minimum absolute atomic E-state index is 0.106. The number of amides is 2. The second-order valence-electron chi connectivity index (χ2n) is 9.22. The molecule has 3 aromatic carbocycles. The number of rotatable bonds is 4. The van der Waals surface area contributed by atoms with Crippen LogP contribution in [-0.2, 0) is 4.79 Å². The largest absolute Gasteiger partial charge is 0.342 e. The van der Waals surface area contributed by atoms with Crippen LogP contribution in [0, 0.1) is 12.8 Å². The monoisotopic (exact) mass is 426 g/mol. The molecule has 32 heavy (non-hydrogen) atoms. The first-order valence-electron chi connectivity index (χ1n) is 11.8. The molecule has 5 rings (SSSR count). The van der Waals surface area contributed by atoms with Crippen molar-refractivity contribution < 1.29 is 9.59 Å². The Morgan fingerprint density at radius 1 is 0.906 bits per heavy atom. The summed E-state index contributed by atoms with van der Waals surface area (Å²) in [5, 5.41) is 2.12. The fourth-order valence-corrected chi connectivity index (χ4v) is 5.37. The maximum absolute atomic E-state index is 13.6. The highest BCUT2D eigenvalue weighted by Gasteiger charge is 2.29. The van der Waals surface area contributed by atoms with Gasteiger partial charge in [-0.2, -0.15) is 0 Å². The van der Waals surface area contributed by atoms with E-state index in [1.54, 1.807) is 0 Å². The molecule has 2 amide bonds. The number of likely N-dealkylation sites (tertiary alicyclic amines) is 2. The number of hydrogen-bond acceptors (Lipinski definition) is 2. The van der Waals surface area contributed by atoms with Crippen LogP contribution in [0.1, 0.15) is 41.6 Å². The van der Waals surface area contributed by atoms with E-state index < -0.39 is 0 Å². The summed E-state index contributed by atoms with van der Waals surface area (Å²) in [6, 6.07) is 20.7. The summed E-state index contributed by atoms with van der Waals surface area (Å²) >= 11 is 0. The Hall–Kier alpha value is -3.14. The summed E-state index contributed by atoms with van der Waals surface area (Å²) < 4.78 is 0. The first-order valence-corrected chi connectivity index (χ1v) is 11.8. The van der Waals surface area contributed by atoms with Crippen LogP contribution < -0.4 is 0 Å². The van der Waals surface area contributed by atoms with Crippen molar-refractivity contribution in [1.29, 1.82) is 0 Å². The van der Waals surface area contributed by atoms with Crippen LogP contribution in [0.4, 0.5) is 0 Å². The first kappa shape index (κ1) is 20.7. The molecule has 0 aromatic heterocycles. The predicted molar refractivity (Wildman–Crippen MR) is 129 cm³/mol. The molecule has 2 aliphatic rings. The van der Waals surface area contributed by atoms with Crippen molar-refractivity contribution in [2.45, 2.75) is 32.6 Å². The van der Waals surface area contributed by atoms with Gasteiger partial charge in [0.1, 0.15) is 0 Å². The summed E-state index contributed by atoms with van der Waals surface area (Å²) in [7, 11) is 0. The Bertz CT molecular complexity index is 1170. The van der Waals surface area contributed by atoms with Gasteiger partial charge in [-0.15, -0.1) is 0 Å². The Morgan fingerprint density at radius 2 is 1.69 bits per heavy atom. The minimum atomic E-state index is 0.106. The molecule has 2 aliphatic heterocycles. The van der Waals surface area contributed by atoms with Gasteiger partial charge in [-0.05, 0) is 65.6 Å². The molecule has 0 spiro atoms. The number of hydrogen-bond donors (Lipinski definition) is 0. The normalized spacial score (nSPS) is 19.0. The molecule has 2 heterocycles. The lowest BCUT2D eigenvalue weighted by Gasteiger charge is -2.35. The van der Waals surface area contributed by atoms with E-state index in [9.17, 15) is 9.59 Å². The highest BCUT2D eigenvalue weighted by Crippen LogP contribution is 2.33. The zero-order valence-corrected chi connectivity index (χ0v) is 18.7. The molecule has 1 unspecified atom stereocenters. The zero-order chi connectivity index (χ0) is 22.1. The summed E-state index contributed by atoms with van der Waals surface area (Å²) in [5.41, 5.74) is 4.37. The lowest BCUT2D eigenvalue weighted by molar-refractivity contribution is -0.128. The SMILES string of the molecule is Cc1ccccc1-c1ccc(C(=O)N2CCCC(CN3CCCC3=O)C2)c2ccccc12. The van der Waals surface area contributed by atoms with Crippen molar-refractivity contribution in [2.24, 2.45) is 5.92 Å². The highest BCUT2D eigenvalue weighted by atomic mass is 16.2. The van der Waals surface area contributed by atoms with Crippen molar-refractivity contribution >= 4 is 22.6 Å². The standard InChI is InChI=1S/C28H30N2O2/c1-20-8-2-3-10-22(20)25-14-15-26(24-12-5-4-11-23(24)25)28(32)30-17-6-9-21(19-30)18-29-16-7-13-27(29)31/h2-5,8,10-12,14-15,21H,6-7,9,13,16-19H2,1H3. The van der Waals surface area contributed by atoms with Crippen molar-refractivity contribution in [2.75, 3.05) is 26.2 Å². The summed E-state index contributed by atoms with van der Waals surface area (Å²) in [5.74, 6) is 0.744. The topological polar surface area (TPSA) is 40.6 Å². The van der Waals surface area contributed by atoms with Gasteiger partial charge in [0.2, 0.25) is 5.91 Å². The van der Waals surface area contributed by atoms with Gasteiger partial charge in [0, 0.05) is 38.2 Å². The summed E-state index contributed by atoms with van der Waals surface area (Å²) in [6.45, 7) is 5.31. The minimum Gasteiger partial charge on any atom is -0.342 e. The quantitative estimate of drug-likeness (QED) is 0.569. The Morgan fingerprint density at radius 3 is 2.47 bits per heavy atom. The lowest BCUT2D eigenvalue weighted by atomic mass is 9.91. The molecular weight excluding hydrogens is 396 g/mol. The summed E-state index contributed by atoms with van der Waals surface area (Å²) in [4.78, 5) is 29.7. The molecule has 0 radical (unpaired) electrons. The molecule has 4 nitrogen and oxygen atoms in total. The van der Waals surface area contributed by atoms with Crippen molar-refractivity contribution in [3.05, 3.63) is 71.8 Å². The van der Waals surface area contributed by atoms with Gasteiger partial charge in [-0.25, -0.2) is 0 Å². The van der Waals surface area contributed by atoms with E-state index in [4.69, 9.17) is 0 Å². The van der Waals surface area contributed by atoms with E-state index >= 15 is 0 Å². The Kier molecular flexibility index (Phi) is 5.69. The Labute approximate surface area is 189 Å². The van der Waals surface area contributed by atoms with Gasteiger partial charge in [0.25, 0.3) is 5.91 Å². The second kappa shape index (κ2) is 8.78. The number of fused-ring (bicyclic) bond motifs is 1.